The molecule has 0 radical (unpaired) electrons. The fourth-order valence-electron chi connectivity index (χ4n) is 5.12. The summed E-state index contributed by atoms with van der Waals surface area (Å²) in [4.78, 5) is 5.11. The topological polar surface area (TPSA) is 67.9 Å². The minimum absolute atomic E-state index is 0.0168. The summed E-state index contributed by atoms with van der Waals surface area (Å²) in [5.74, 6) is 0. The highest BCUT2D eigenvalue weighted by Crippen LogP contribution is 2.37. The first-order valence-electron chi connectivity index (χ1n) is 11.0. The summed E-state index contributed by atoms with van der Waals surface area (Å²) < 4.78 is 4.25. The van der Waals surface area contributed by atoms with Crippen molar-refractivity contribution in [1.82, 2.24) is 39.8 Å². The van der Waals surface area contributed by atoms with E-state index in [4.69, 9.17) is 0 Å². The van der Waals surface area contributed by atoms with Crippen molar-refractivity contribution in [2.75, 3.05) is 26.2 Å². The van der Waals surface area contributed by atoms with E-state index in [1.54, 1.807) is 0 Å². The first-order chi connectivity index (χ1) is 14.9. The summed E-state index contributed by atoms with van der Waals surface area (Å²) in [5, 5.41) is 18.3. The molecule has 2 atom stereocenters. The predicted molar refractivity (Wildman–Crippen MR) is 115 cm³/mol. The summed E-state index contributed by atoms with van der Waals surface area (Å²) in [6.45, 7) is 4.26. The van der Waals surface area contributed by atoms with Crippen LogP contribution in [0.1, 0.15) is 38.0 Å². The van der Waals surface area contributed by atoms with Crippen molar-refractivity contribution in [3.63, 3.8) is 0 Å². The van der Waals surface area contributed by atoms with Gasteiger partial charge in [-0.2, -0.15) is 0 Å². The predicted octanol–water partition coefficient (Wildman–Crippen LogP) is 3.07. The molecular weight excluding hydrogens is 376 g/mol. The highest BCUT2D eigenvalue weighted by atomic mass is 15.6. The lowest BCUT2D eigenvalue weighted by Gasteiger charge is -2.39. The average Bonchev–Trinajstić information content (AvgIpc) is 3.59. The van der Waals surface area contributed by atoms with Gasteiger partial charge in [0.1, 0.15) is 23.4 Å². The van der Waals surface area contributed by atoms with E-state index >= 15 is 0 Å². The fraction of sp³-hybridized carbons (Fsp3) is 0.455. The lowest BCUT2D eigenvalue weighted by molar-refractivity contribution is 0.00782. The van der Waals surface area contributed by atoms with Crippen molar-refractivity contribution in [2.45, 2.75) is 38.0 Å². The minimum Gasteiger partial charge on any atom is -0.279 e. The van der Waals surface area contributed by atoms with E-state index in [9.17, 15) is 0 Å². The van der Waals surface area contributed by atoms with Gasteiger partial charge in [-0.15, -0.1) is 10.2 Å². The largest absolute Gasteiger partial charge is 0.279 e. The van der Waals surface area contributed by atoms with E-state index in [1.807, 2.05) is 24.3 Å². The first-order valence-corrected chi connectivity index (χ1v) is 11.0. The Morgan fingerprint density at radius 1 is 0.567 bits per heavy atom. The second-order valence-electron chi connectivity index (χ2n) is 8.36. The van der Waals surface area contributed by atoms with Gasteiger partial charge >= 0.3 is 0 Å². The molecule has 2 aliphatic heterocycles. The molecule has 2 unspecified atom stereocenters. The van der Waals surface area contributed by atoms with Crippen LogP contribution in [0.5, 0.6) is 0 Å². The van der Waals surface area contributed by atoms with E-state index in [2.05, 4.69) is 64.1 Å². The zero-order valence-corrected chi connectivity index (χ0v) is 17.0. The number of hydrogen-bond donors (Lipinski definition) is 0. The summed E-state index contributed by atoms with van der Waals surface area (Å²) >= 11 is 0. The number of nitrogens with zero attached hydrogens (tertiary/aromatic N) is 8. The highest BCUT2D eigenvalue weighted by Gasteiger charge is 2.39. The van der Waals surface area contributed by atoms with Crippen LogP contribution in [0.2, 0.25) is 0 Å². The summed E-state index contributed by atoms with van der Waals surface area (Å²) in [6, 6.07) is 16.5. The Hall–Kier alpha value is -2.84. The third-order valence-corrected chi connectivity index (χ3v) is 6.55. The molecule has 2 aromatic carbocycles. The smallest absolute Gasteiger partial charge is 0.143 e. The monoisotopic (exact) mass is 402 g/mol. The molecule has 0 bridgehead atoms. The molecule has 0 saturated carbocycles. The molecule has 6 rings (SSSR count). The van der Waals surface area contributed by atoms with Crippen molar-refractivity contribution < 1.29 is 0 Å². The number of hydrogen-bond acceptors (Lipinski definition) is 6. The molecule has 154 valence electrons. The molecule has 4 heterocycles. The van der Waals surface area contributed by atoms with Gasteiger partial charge in [0.15, 0.2) is 0 Å². The van der Waals surface area contributed by atoms with Crippen LogP contribution in [0.15, 0.2) is 48.5 Å². The molecule has 2 saturated heterocycles. The van der Waals surface area contributed by atoms with Crippen LogP contribution in [-0.2, 0) is 0 Å². The van der Waals surface area contributed by atoms with E-state index < -0.39 is 0 Å². The third kappa shape index (κ3) is 2.90. The van der Waals surface area contributed by atoms with Crippen molar-refractivity contribution in [3.8, 4) is 0 Å². The maximum atomic E-state index is 4.66. The standard InChI is InChI=1S/C22H26N8/c1-3-11-19-17(9-1)23-25-29(19)21(27-13-5-6-14-27)22(28-15-7-8-16-28)30-20-12-4-2-10-18(20)24-26-30/h1-4,9-12,21-22H,5-8,13-16H2. The van der Waals surface area contributed by atoms with Crippen LogP contribution in [0, 0.1) is 0 Å². The Labute approximate surface area is 175 Å². The van der Waals surface area contributed by atoms with Crippen LogP contribution in [-0.4, -0.2) is 66.0 Å². The van der Waals surface area contributed by atoms with Gasteiger partial charge in [-0.25, -0.2) is 9.36 Å². The maximum absolute atomic E-state index is 4.66. The van der Waals surface area contributed by atoms with Crippen LogP contribution in [0.25, 0.3) is 22.1 Å². The summed E-state index contributed by atoms with van der Waals surface area (Å²) in [6.07, 6.45) is 4.90. The molecule has 2 fully saturated rings. The van der Waals surface area contributed by atoms with Crippen molar-refractivity contribution in [3.05, 3.63) is 48.5 Å². The molecule has 8 heteroatoms. The normalized spacial score (nSPS) is 20.4. The fourth-order valence-corrected chi connectivity index (χ4v) is 5.12. The van der Waals surface area contributed by atoms with Crippen molar-refractivity contribution in [1.29, 1.82) is 0 Å². The van der Waals surface area contributed by atoms with Gasteiger partial charge in [0, 0.05) is 26.2 Å². The quantitative estimate of drug-likeness (QED) is 0.511. The van der Waals surface area contributed by atoms with Gasteiger partial charge in [-0.1, -0.05) is 34.7 Å². The Balaban J connectivity index is 1.55. The van der Waals surface area contributed by atoms with E-state index in [0.29, 0.717) is 0 Å². The van der Waals surface area contributed by atoms with Crippen LogP contribution >= 0.6 is 0 Å². The van der Waals surface area contributed by atoms with E-state index in [1.165, 1.54) is 25.7 Å². The number of fused-ring (bicyclic) bond motifs is 2. The second-order valence-corrected chi connectivity index (χ2v) is 8.36. The van der Waals surface area contributed by atoms with E-state index in [-0.39, 0.29) is 12.3 Å². The highest BCUT2D eigenvalue weighted by molar-refractivity contribution is 5.75. The zero-order chi connectivity index (χ0) is 19.9. The molecule has 8 nitrogen and oxygen atoms in total. The molecule has 2 aromatic heterocycles. The van der Waals surface area contributed by atoms with Gasteiger partial charge in [-0.3, -0.25) is 9.80 Å². The van der Waals surface area contributed by atoms with Crippen LogP contribution < -0.4 is 0 Å². The average molecular weight is 403 g/mol. The van der Waals surface area contributed by atoms with Gasteiger partial charge in [0.25, 0.3) is 0 Å². The Bertz CT molecular complexity index is 1060. The Morgan fingerprint density at radius 3 is 1.40 bits per heavy atom. The van der Waals surface area contributed by atoms with E-state index in [0.717, 1.165) is 48.2 Å². The molecule has 2 aliphatic rings. The maximum Gasteiger partial charge on any atom is 0.143 e. The van der Waals surface area contributed by atoms with Crippen LogP contribution in [0.4, 0.5) is 0 Å². The van der Waals surface area contributed by atoms with Gasteiger partial charge in [-0.05, 0) is 49.9 Å². The third-order valence-electron chi connectivity index (χ3n) is 6.55. The summed E-state index contributed by atoms with van der Waals surface area (Å²) in [5.41, 5.74) is 4.02. The van der Waals surface area contributed by atoms with Gasteiger partial charge in [0.2, 0.25) is 0 Å². The molecule has 0 aliphatic carbocycles. The van der Waals surface area contributed by atoms with Gasteiger partial charge in [0.05, 0.1) is 11.0 Å². The molecule has 0 spiro atoms. The molecule has 0 N–H and O–H groups in total. The second kappa shape index (κ2) is 7.45. The lowest BCUT2D eigenvalue weighted by atomic mass is 10.2. The Morgan fingerprint density at radius 2 is 0.967 bits per heavy atom. The molecule has 4 aromatic rings. The Kier molecular flexibility index (Phi) is 4.46. The first kappa shape index (κ1) is 18.0. The zero-order valence-electron chi connectivity index (χ0n) is 17.0. The number of para-hydroxylation sites is 2. The van der Waals surface area contributed by atoms with Crippen molar-refractivity contribution in [2.24, 2.45) is 0 Å². The number of aromatic nitrogens is 6. The molecule has 0 amide bonds. The minimum atomic E-state index is 0.0168. The van der Waals surface area contributed by atoms with Crippen LogP contribution in [0.3, 0.4) is 0 Å². The SMILES string of the molecule is c1ccc2c(c1)nnn2C(C(N1CCCC1)n1nnc2ccccc21)N1CCCC1. The lowest BCUT2D eigenvalue weighted by Crippen LogP contribution is -2.45. The number of rotatable bonds is 5. The summed E-state index contributed by atoms with van der Waals surface area (Å²) in [7, 11) is 0. The number of likely N-dealkylation sites (tertiary alicyclic amines) is 2. The molecule has 30 heavy (non-hydrogen) atoms. The van der Waals surface area contributed by atoms with Gasteiger partial charge < -0.3 is 0 Å². The molecular formula is C22H26N8. The number of benzene rings is 2. The van der Waals surface area contributed by atoms with Crippen molar-refractivity contribution >= 4 is 22.1 Å².